The molecule has 1 saturated heterocycles. The molecular weight excluding hydrogens is 269 g/mol. The highest BCUT2D eigenvalue weighted by molar-refractivity contribution is 6.30. The number of hydrogen-bond donors (Lipinski definition) is 1. The smallest absolute Gasteiger partial charge is 0.320 e. The summed E-state index contributed by atoms with van der Waals surface area (Å²) in [7, 11) is 0. The average Bonchev–Trinajstić information content (AvgIpc) is 2.58. The van der Waals surface area contributed by atoms with Crippen molar-refractivity contribution in [1.82, 2.24) is 4.90 Å². The number of carboxylic acid groups (broad SMARTS) is 1. The Balaban J connectivity index is 2.16. The van der Waals surface area contributed by atoms with Gasteiger partial charge in [0.1, 0.15) is 11.9 Å². The van der Waals surface area contributed by atoms with Crippen molar-refractivity contribution < 1.29 is 14.3 Å². The van der Waals surface area contributed by atoms with Gasteiger partial charge in [0, 0.05) is 17.1 Å². The fourth-order valence-corrected chi connectivity index (χ4v) is 2.66. The van der Waals surface area contributed by atoms with E-state index in [1.807, 2.05) is 4.90 Å². The van der Waals surface area contributed by atoms with E-state index in [2.05, 4.69) is 0 Å². The number of hydrogen-bond acceptors (Lipinski definition) is 2. The van der Waals surface area contributed by atoms with Gasteiger partial charge in [-0.15, -0.1) is 0 Å². The third-order valence-electron chi connectivity index (χ3n) is 3.54. The summed E-state index contributed by atoms with van der Waals surface area (Å²) >= 11 is 5.72. The Labute approximate surface area is 117 Å². The zero-order chi connectivity index (χ0) is 13.8. The molecule has 0 spiro atoms. The van der Waals surface area contributed by atoms with Crippen LogP contribution in [0.5, 0.6) is 0 Å². The number of aliphatic carboxylic acids is 1. The van der Waals surface area contributed by atoms with Crippen LogP contribution < -0.4 is 0 Å². The first kappa shape index (κ1) is 14.3. The second kappa shape index (κ2) is 6.35. The van der Waals surface area contributed by atoms with Gasteiger partial charge in [-0.25, -0.2) is 4.39 Å². The lowest BCUT2D eigenvalue weighted by Gasteiger charge is -2.26. The van der Waals surface area contributed by atoms with Crippen LogP contribution in [0.1, 0.15) is 31.2 Å². The van der Waals surface area contributed by atoms with Crippen LogP contribution in [0.4, 0.5) is 4.39 Å². The van der Waals surface area contributed by atoms with Gasteiger partial charge in [0.15, 0.2) is 0 Å². The lowest BCUT2D eigenvalue weighted by Crippen LogP contribution is -2.40. The summed E-state index contributed by atoms with van der Waals surface area (Å²) in [5, 5.41) is 9.62. The first-order chi connectivity index (χ1) is 9.08. The minimum atomic E-state index is -0.823. The fourth-order valence-electron chi connectivity index (χ4n) is 2.51. The molecule has 1 atom stereocenters. The lowest BCUT2D eigenvalue weighted by atomic mass is 10.1. The van der Waals surface area contributed by atoms with Gasteiger partial charge >= 0.3 is 5.97 Å². The highest BCUT2D eigenvalue weighted by Crippen LogP contribution is 2.22. The zero-order valence-electron chi connectivity index (χ0n) is 10.6. The van der Waals surface area contributed by atoms with Crippen LogP contribution in [-0.4, -0.2) is 28.6 Å². The van der Waals surface area contributed by atoms with Crippen LogP contribution in [0.2, 0.25) is 5.02 Å². The van der Waals surface area contributed by atoms with Crippen LogP contribution in [0, 0.1) is 5.82 Å². The Morgan fingerprint density at radius 2 is 2.21 bits per heavy atom. The maximum Gasteiger partial charge on any atom is 0.320 e. The van der Waals surface area contributed by atoms with E-state index in [9.17, 15) is 14.3 Å². The van der Waals surface area contributed by atoms with Crippen molar-refractivity contribution in [2.24, 2.45) is 0 Å². The van der Waals surface area contributed by atoms with Gasteiger partial charge in [-0.2, -0.15) is 0 Å². The number of halogens is 2. The van der Waals surface area contributed by atoms with Gasteiger partial charge in [0.25, 0.3) is 0 Å². The molecule has 104 valence electrons. The third-order valence-corrected chi connectivity index (χ3v) is 3.77. The van der Waals surface area contributed by atoms with E-state index in [1.165, 1.54) is 6.07 Å². The lowest BCUT2D eigenvalue weighted by molar-refractivity contribution is -0.143. The average molecular weight is 286 g/mol. The standard InChI is InChI=1S/C14H17ClFNO2/c15-11-6-5-10(12(16)8-11)9-17-7-3-1-2-4-13(17)14(18)19/h5-6,8,13H,1-4,7,9H2,(H,18,19). The number of rotatable bonds is 3. The third kappa shape index (κ3) is 3.67. The van der Waals surface area contributed by atoms with Crippen molar-refractivity contribution in [3.63, 3.8) is 0 Å². The van der Waals surface area contributed by atoms with E-state index in [-0.39, 0.29) is 5.82 Å². The molecule has 0 aliphatic carbocycles. The molecule has 1 heterocycles. The Hall–Kier alpha value is -1.13. The van der Waals surface area contributed by atoms with Crippen LogP contribution in [0.15, 0.2) is 18.2 Å². The molecule has 1 fully saturated rings. The molecule has 0 radical (unpaired) electrons. The number of carbonyl (C=O) groups is 1. The SMILES string of the molecule is O=C(O)C1CCCCCN1Cc1ccc(Cl)cc1F. The molecule has 0 amide bonds. The van der Waals surface area contributed by atoms with E-state index in [0.29, 0.717) is 30.1 Å². The Kier molecular flexibility index (Phi) is 4.77. The van der Waals surface area contributed by atoms with E-state index in [1.54, 1.807) is 12.1 Å². The van der Waals surface area contributed by atoms with Gasteiger partial charge in [-0.05, 0) is 31.5 Å². The molecule has 1 N–H and O–H groups in total. The monoisotopic (exact) mass is 285 g/mol. The maximum absolute atomic E-state index is 13.8. The molecule has 1 aromatic rings. The summed E-state index contributed by atoms with van der Waals surface area (Å²) < 4.78 is 13.8. The Morgan fingerprint density at radius 3 is 2.89 bits per heavy atom. The molecule has 1 aliphatic rings. The highest BCUT2D eigenvalue weighted by atomic mass is 35.5. The van der Waals surface area contributed by atoms with Crippen molar-refractivity contribution in [2.75, 3.05) is 6.54 Å². The fraction of sp³-hybridized carbons (Fsp3) is 0.500. The predicted molar refractivity (Wildman–Crippen MR) is 71.7 cm³/mol. The molecule has 1 aliphatic heterocycles. The van der Waals surface area contributed by atoms with E-state index < -0.39 is 12.0 Å². The van der Waals surface area contributed by atoms with Crippen molar-refractivity contribution in [1.29, 1.82) is 0 Å². The van der Waals surface area contributed by atoms with Crippen LogP contribution in [-0.2, 0) is 11.3 Å². The van der Waals surface area contributed by atoms with E-state index >= 15 is 0 Å². The van der Waals surface area contributed by atoms with Gasteiger partial charge in [0.2, 0.25) is 0 Å². The van der Waals surface area contributed by atoms with Crippen LogP contribution >= 0.6 is 11.6 Å². The summed E-state index contributed by atoms with van der Waals surface area (Å²) in [4.78, 5) is 13.1. The topological polar surface area (TPSA) is 40.5 Å². The van der Waals surface area contributed by atoms with Gasteiger partial charge in [0.05, 0.1) is 0 Å². The summed E-state index contributed by atoms with van der Waals surface area (Å²) in [6.07, 6.45) is 3.53. The van der Waals surface area contributed by atoms with E-state index in [0.717, 1.165) is 19.3 Å². The normalized spacial score (nSPS) is 21.1. The molecular formula is C14H17ClFNO2. The summed E-state index contributed by atoms with van der Waals surface area (Å²) in [6.45, 7) is 1.01. The number of likely N-dealkylation sites (tertiary alicyclic amines) is 1. The van der Waals surface area contributed by atoms with Crippen molar-refractivity contribution in [3.8, 4) is 0 Å². The molecule has 5 heteroatoms. The minimum absolute atomic E-state index is 0.319. The summed E-state index contributed by atoms with van der Waals surface area (Å²) in [5.41, 5.74) is 0.498. The molecule has 3 nitrogen and oxygen atoms in total. The van der Waals surface area contributed by atoms with Crippen LogP contribution in [0.25, 0.3) is 0 Å². The summed E-state index contributed by atoms with van der Waals surface area (Å²) in [5.74, 6) is -1.20. The molecule has 19 heavy (non-hydrogen) atoms. The largest absolute Gasteiger partial charge is 0.480 e. The Bertz CT molecular complexity index is 467. The second-order valence-electron chi connectivity index (χ2n) is 4.91. The molecule has 0 aromatic heterocycles. The van der Waals surface area contributed by atoms with Crippen molar-refractivity contribution >= 4 is 17.6 Å². The van der Waals surface area contributed by atoms with E-state index in [4.69, 9.17) is 11.6 Å². The maximum atomic E-state index is 13.8. The molecule has 2 rings (SSSR count). The molecule has 1 unspecified atom stereocenters. The first-order valence-corrected chi connectivity index (χ1v) is 6.86. The molecule has 0 bridgehead atoms. The zero-order valence-corrected chi connectivity index (χ0v) is 11.4. The molecule has 1 aromatic carbocycles. The Morgan fingerprint density at radius 1 is 1.42 bits per heavy atom. The van der Waals surface area contributed by atoms with Crippen LogP contribution in [0.3, 0.4) is 0 Å². The number of benzene rings is 1. The molecule has 0 saturated carbocycles. The highest BCUT2D eigenvalue weighted by Gasteiger charge is 2.27. The minimum Gasteiger partial charge on any atom is -0.480 e. The summed E-state index contributed by atoms with van der Waals surface area (Å²) in [6, 6.07) is 4.01. The number of nitrogens with zero attached hydrogens (tertiary/aromatic N) is 1. The predicted octanol–water partition coefficient (Wildman–Crippen LogP) is 3.31. The van der Waals surface area contributed by atoms with Gasteiger partial charge in [-0.1, -0.05) is 30.5 Å². The quantitative estimate of drug-likeness (QED) is 0.926. The second-order valence-corrected chi connectivity index (χ2v) is 5.35. The van der Waals surface area contributed by atoms with Crippen molar-refractivity contribution in [3.05, 3.63) is 34.6 Å². The first-order valence-electron chi connectivity index (χ1n) is 6.48. The van der Waals surface area contributed by atoms with Crippen molar-refractivity contribution in [2.45, 2.75) is 38.3 Å². The van der Waals surface area contributed by atoms with Gasteiger partial charge in [-0.3, -0.25) is 9.69 Å². The van der Waals surface area contributed by atoms with Gasteiger partial charge < -0.3 is 5.11 Å². The number of carboxylic acids is 1.